The van der Waals surface area contributed by atoms with Crippen molar-refractivity contribution in [3.8, 4) is 28.5 Å². The lowest BCUT2D eigenvalue weighted by molar-refractivity contribution is 0.590. The Bertz CT molecular complexity index is 1040. The number of para-hydroxylation sites is 1. The molecule has 0 saturated heterocycles. The number of benzene rings is 3. The maximum Gasteiger partial charge on any atom is 0.168 e. The third-order valence-electron chi connectivity index (χ3n) is 4.70. The summed E-state index contributed by atoms with van der Waals surface area (Å²) in [6, 6.07) is 29.1. The zero-order chi connectivity index (χ0) is 18.9. The number of rotatable bonds is 3. The first-order valence-corrected chi connectivity index (χ1v) is 9.21. The highest BCUT2D eigenvalue weighted by Crippen LogP contribution is 2.31. The molecule has 4 aromatic rings. The molecular weight excluding hydrogens is 330 g/mol. The minimum Gasteiger partial charge on any atom is -0.275 e. The van der Waals surface area contributed by atoms with Crippen molar-refractivity contribution in [2.24, 2.45) is 0 Å². The Balaban J connectivity index is 1.94. The summed E-state index contributed by atoms with van der Waals surface area (Å²) in [4.78, 5) is 0. The van der Waals surface area contributed by atoms with Gasteiger partial charge in [-0.3, -0.25) is 4.57 Å². The Morgan fingerprint density at radius 2 is 1.19 bits per heavy atom. The fourth-order valence-electron chi connectivity index (χ4n) is 3.19. The standard InChI is InChI=1S/C24H23N3/c1-24(2,3)20-14-10-13-19(17-20)23-26-25-22(18-11-6-4-7-12-18)27(23)21-15-8-5-9-16-21/h4-17H,1-3H3. The zero-order valence-corrected chi connectivity index (χ0v) is 15.9. The van der Waals surface area contributed by atoms with Gasteiger partial charge in [0.1, 0.15) is 0 Å². The topological polar surface area (TPSA) is 30.7 Å². The predicted molar refractivity (Wildman–Crippen MR) is 111 cm³/mol. The van der Waals surface area contributed by atoms with E-state index in [1.807, 2.05) is 36.4 Å². The van der Waals surface area contributed by atoms with Crippen molar-refractivity contribution >= 4 is 0 Å². The highest BCUT2D eigenvalue weighted by Gasteiger charge is 2.19. The van der Waals surface area contributed by atoms with Crippen LogP contribution in [0.15, 0.2) is 84.9 Å². The van der Waals surface area contributed by atoms with Gasteiger partial charge in [0.15, 0.2) is 11.6 Å². The van der Waals surface area contributed by atoms with Crippen molar-refractivity contribution in [3.63, 3.8) is 0 Å². The SMILES string of the molecule is CC(C)(C)c1cccc(-c2nnc(-c3ccccc3)n2-c2ccccc2)c1. The van der Waals surface area contributed by atoms with Crippen molar-refractivity contribution in [3.05, 3.63) is 90.5 Å². The Morgan fingerprint density at radius 1 is 0.630 bits per heavy atom. The largest absolute Gasteiger partial charge is 0.275 e. The molecule has 0 bridgehead atoms. The van der Waals surface area contributed by atoms with E-state index in [1.165, 1.54) is 5.56 Å². The van der Waals surface area contributed by atoms with Gasteiger partial charge < -0.3 is 0 Å². The second-order valence-electron chi connectivity index (χ2n) is 7.72. The Kier molecular flexibility index (Phi) is 4.36. The van der Waals surface area contributed by atoms with E-state index in [0.717, 1.165) is 28.5 Å². The molecule has 0 aliphatic carbocycles. The molecule has 1 heterocycles. The number of aromatic nitrogens is 3. The fraction of sp³-hybridized carbons (Fsp3) is 0.167. The zero-order valence-electron chi connectivity index (χ0n) is 15.9. The minimum atomic E-state index is 0.0792. The van der Waals surface area contributed by atoms with Crippen LogP contribution in [0.1, 0.15) is 26.3 Å². The molecule has 0 fully saturated rings. The molecule has 0 aliphatic heterocycles. The monoisotopic (exact) mass is 353 g/mol. The van der Waals surface area contributed by atoms with E-state index in [-0.39, 0.29) is 5.41 Å². The minimum absolute atomic E-state index is 0.0792. The summed E-state index contributed by atoms with van der Waals surface area (Å²) < 4.78 is 2.14. The van der Waals surface area contributed by atoms with E-state index >= 15 is 0 Å². The average Bonchev–Trinajstić information content (AvgIpc) is 3.14. The highest BCUT2D eigenvalue weighted by molar-refractivity contribution is 5.67. The quantitative estimate of drug-likeness (QED) is 0.459. The van der Waals surface area contributed by atoms with Crippen LogP contribution in [0.2, 0.25) is 0 Å². The van der Waals surface area contributed by atoms with E-state index < -0.39 is 0 Å². The fourth-order valence-corrected chi connectivity index (χ4v) is 3.19. The number of nitrogens with zero attached hydrogens (tertiary/aromatic N) is 3. The van der Waals surface area contributed by atoms with Crippen molar-refractivity contribution in [1.29, 1.82) is 0 Å². The van der Waals surface area contributed by atoms with Gasteiger partial charge in [-0.1, -0.05) is 87.5 Å². The van der Waals surface area contributed by atoms with Crippen molar-refractivity contribution < 1.29 is 0 Å². The molecule has 3 aromatic carbocycles. The molecule has 0 aliphatic rings. The number of hydrogen-bond acceptors (Lipinski definition) is 2. The molecule has 134 valence electrons. The van der Waals surface area contributed by atoms with Gasteiger partial charge in [-0.15, -0.1) is 10.2 Å². The van der Waals surface area contributed by atoms with Crippen LogP contribution in [0, 0.1) is 0 Å². The van der Waals surface area contributed by atoms with Crippen molar-refractivity contribution in [1.82, 2.24) is 14.8 Å². The normalized spacial score (nSPS) is 11.5. The highest BCUT2D eigenvalue weighted by atomic mass is 15.3. The summed E-state index contributed by atoms with van der Waals surface area (Å²) in [5, 5.41) is 9.12. The molecule has 0 saturated carbocycles. The van der Waals surface area contributed by atoms with Crippen LogP contribution in [0.3, 0.4) is 0 Å². The summed E-state index contributed by atoms with van der Waals surface area (Å²) in [6.45, 7) is 6.68. The molecule has 27 heavy (non-hydrogen) atoms. The van der Waals surface area contributed by atoms with Crippen molar-refractivity contribution in [2.75, 3.05) is 0 Å². The maximum atomic E-state index is 4.58. The molecule has 0 amide bonds. The molecule has 0 radical (unpaired) electrons. The Labute approximate surface area is 160 Å². The molecule has 0 unspecified atom stereocenters. The van der Waals surface area contributed by atoms with Crippen LogP contribution < -0.4 is 0 Å². The first kappa shape index (κ1) is 17.2. The second-order valence-corrected chi connectivity index (χ2v) is 7.72. The van der Waals surface area contributed by atoms with E-state index in [4.69, 9.17) is 0 Å². The van der Waals surface area contributed by atoms with Gasteiger partial charge in [-0.05, 0) is 29.2 Å². The third kappa shape index (κ3) is 3.41. The van der Waals surface area contributed by atoms with Gasteiger partial charge in [0.25, 0.3) is 0 Å². The predicted octanol–water partition coefficient (Wildman–Crippen LogP) is 5.90. The summed E-state index contributed by atoms with van der Waals surface area (Å²) in [5.74, 6) is 1.70. The molecule has 0 N–H and O–H groups in total. The molecule has 0 spiro atoms. The van der Waals surface area contributed by atoms with Crippen LogP contribution >= 0.6 is 0 Å². The lowest BCUT2D eigenvalue weighted by Gasteiger charge is -2.20. The molecule has 4 rings (SSSR count). The van der Waals surface area contributed by atoms with E-state index in [9.17, 15) is 0 Å². The first-order valence-electron chi connectivity index (χ1n) is 9.21. The summed E-state index contributed by atoms with van der Waals surface area (Å²) in [6.07, 6.45) is 0. The van der Waals surface area contributed by atoms with Crippen LogP contribution in [0.4, 0.5) is 0 Å². The third-order valence-corrected chi connectivity index (χ3v) is 4.70. The summed E-state index contributed by atoms with van der Waals surface area (Å²) in [5.41, 5.74) is 4.53. The van der Waals surface area contributed by atoms with Crippen molar-refractivity contribution in [2.45, 2.75) is 26.2 Å². The average molecular weight is 353 g/mol. The van der Waals surface area contributed by atoms with Crippen LogP contribution in [0.25, 0.3) is 28.5 Å². The second kappa shape index (κ2) is 6.84. The van der Waals surface area contributed by atoms with Crippen LogP contribution in [0.5, 0.6) is 0 Å². The van der Waals surface area contributed by atoms with Gasteiger partial charge >= 0.3 is 0 Å². The van der Waals surface area contributed by atoms with Gasteiger partial charge in [-0.2, -0.15) is 0 Å². The molecule has 3 nitrogen and oxygen atoms in total. The van der Waals surface area contributed by atoms with Gasteiger partial charge in [-0.25, -0.2) is 0 Å². The van der Waals surface area contributed by atoms with E-state index in [0.29, 0.717) is 0 Å². The number of hydrogen-bond donors (Lipinski definition) is 0. The van der Waals surface area contributed by atoms with Gasteiger partial charge in [0.2, 0.25) is 0 Å². The Morgan fingerprint density at radius 3 is 1.81 bits per heavy atom. The van der Waals surface area contributed by atoms with Gasteiger partial charge in [0, 0.05) is 16.8 Å². The molecule has 0 atom stereocenters. The van der Waals surface area contributed by atoms with Crippen LogP contribution in [-0.4, -0.2) is 14.8 Å². The molecule has 3 heteroatoms. The smallest absolute Gasteiger partial charge is 0.168 e. The first-order chi connectivity index (χ1) is 13.0. The van der Waals surface area contributed by atoms with Gasteiger partial charge in [0.05, 0.1) is 0 Å². The molecule has 1 aromatic heterocycles. The van der Waals surface area contributed by atoms with E-state index in [2.05, 4.69) is 84.1 Å². The van der Waals surface area contributed by atoms with E-state index in [1.54, 1.807) is 0 Å². The van der Waals surface area contributed by atoms with Crippen LogP contribution in [-0.2, 0) is 5.41 Å². The molecular formula is C24H23N3. The summed E-state index contributed by atoms with van der Waals surface area (Å²) >= 11 is 0. The maximum absolute atomic E-state index is 4.58. The summed E-state index contributed by atoms with van der Waals surface area (Å²) in [7, 11) is 0. The Hall–Kier alpha value is -3.20. The lowest BCUT2D eigenvalue weighted by atomic mass is 9.86. The lowest BCUT2D eigenvalue weighted by Crippen LogP contribution is -2.11.